The number of phenolic OH excluding ortho intramolecular Hbond substituents is 1. The highest BCUT2D eigenvalue weighted by Crippen LogP contribution is 2.31. The van der Waals surface area contributed by atoms with Crippen molar-refractivity contribution >= 4 is 21.7 Å². The Bertz CT molecular complexity index is 366. The summed E-state index contributed by atoms with van der Waals surface area (Å²) in [5.41, 5.74) is -0.687. The molecule has 0 saturated carbocycles. The first kappa shape index (κ1) is 12.1. The van der Waals surface area contributed by atoms with E-state index in [9.17, 15) is 18.7 Å². The lowest BCUT2D eigenvalue weighted by Crippen LogP contribution is -2.05. The van der Waals surface area contributed by atoms with Crippen molar-refractivity contribution in [3.63, 3.8) is 0 Å². The highest BCUT2D eigenvalue weighted by atomic mass is 79.9. The van der Waals surface area contributed by atoms with E-state index >= 15 is 0 Å². The standard InChI is InChI=1S/C10H9BrF2O2/c11-5-4-7(14)6-2-1-3-8(15)9(6)10(12)13/h1-3,10,15H,4-5H2. The fraction of sp³-hybridized carbons (Fsp3) is 0.300. The summed E-state index contributed by atoms with van der Waals surface area (Å²) in [6, 6.07) is 3.82. The van der Waals surface area contributed by atoms with E-state index < -0.39 is 23.5 Å². The minimum Gasteiger partial charge on any atom is -0.507 e. The molecular formula is C10H9BrF2O2. The summed E-state index contributed by atoms with van der Waals surface area (Å²) in [7, 11) is 0. The van der Waals surface area contributed by atoms with E-state index in [1.807, 2.05) is 0 Å². The second kappa shape index (κ2) is 5.21. The van der Waals surface area contributed by atoms with E-state index in [0.717, 1.165) is 6.07 Å². The van der Waals surface area contributed by atoms with Crippen molar-refractivity contribution in [3.8, 4) is 5.75 Å². The third-order valence-corrected chi connectivity index (χ3v) is 2.32. The predicted octanol–water partition coefficient (Wildman–Crippen LogP) is 3.30. The predicted molar refractivity (Wildman–Crippen MR) is 55.8 cm³/mol. The number of halogens is 3. The molecule has 0 bridgehead atoms. The summed E-state index contributed by atoms with van der Waals surface area (Å²) in [5.74, 6) is -0.941. The van der Waals surface area contributed by atoms with E-state index in [2.05, 4.69) is 15.9 Å². The van der Waals surface area contributed by atoms with Crippen LogP contribution in [0.4, 0.5) is 8.78 Å². The quantitative estimate of drug-likeness (QED) is 0.678. The van der Waals surface area contributed by atoms with Crippen molar-refractivity contribution in [1.29, 1.82) is 0 Å². The Balaban J connectivity index is 3.17. The minimum absolute atomic E-state index is 0.107. The lowest BCUT2D eigenvalue weighted by molar-refractivity contribution is 0.0973. The molecule has 1 aromatic rings. The van der Waals surface area contributed by atoms with Gasteiger partial charge >= 0.3 is 0 Å². The van der Waals surface area contributed by atoms with E-state index in [-0.39, 0.29) is 12.0 Å². The molecule has 1 N–H and O–H groups in total. The number of rotatable bonds is 4. The highest BCUT2D eigenvalue weighted by molar-refractivity contribution is 9.09. The molecule has 1 aromatic carbocycles. The summed E-state index contributed by atoms with van der Waals surface area (Å²) < 4.78 is 25.1. The zero-order valence-electron chi connectivity index (χ0n) is 7.71. The zero-order valence-corrected chi connectivity index (χ0v) is 9.30. The highest BCUT2D eigenvalue weighted by Gasteiger charge is 2.21. The van der Waals surface area contributed by atoms with Crippen molar-refractivity contribution in [3.05, 3.63) is 29.3 Å². The van der Waals surface area contributed by atoms with Gasteiger partial charge in [-0.25, -0.2) is 8.78 Å². The van der Waals surface area contributed by atoms with Gasteiger partial charge in [0.25, 0.3) is 6.43 Å². The molecule has 0 saturated heterocycles. The molecule has 0 aliphatic rings. The fourth-order valence-electron chi connectivity index (χ4n) is 1.25. The maximum Gasteiger partial charge on any atom is 0.268 e. The average Bonchev–Trinajstić information content (AvgIpc) is 2.17. The number of aromatic hydroxyl groups is 1. The van der Waals surface area contributed by atoms with Crippen molar-refractivity contribution in [2.45, 2.75) is 12.8 Å². The number of Topliss-reactive ketones (excluding diaryl/α,β-unsaturated/α-hetero) is 1. The molecule has 82 valence electrons. The Morgan fingerprint density at radius 1 is 1.47 bits per heavy atom. The summed E-state index contributed by atoms with van der Waals surface area (Å²) >= 11 is 3.06. The molecule has 0 aliphatic heterocycles. The molecule has 0 spiro atoms. The Morgan fingerprint density at radius 2 is 2.13 bits per heavy atom. The number of alkyl halides is 3. The third-order valence-electron chi connectivity index (χ3n) is 1.92. The van der Waals surface area contributed by atoms with Crippen molar-refractivity contribution in [2.75, 3.05) is 5.33 Å². The van der Waals surface area contributed by atoms with E-state index in [4.69, 9.17) is 0 Å². The molecule has 0 amide bonds. The molecule has 0 aliphatic carbocycles. The van der Waals surface area contributed by atoms with Gasteiger partial charge in [-0.3, -0.25) is 4.79 Å². The van der Waals surface area contributed by atoms with Gasteiger partial charge in [0.2, 0.25) is 0 Å². The van der Waals surface area contributed by atoms with Crippen molar-refractivity contribution < 1.29 is 18.7 Å². The number of ketones is 1. The van der Waals surface area contributed by atoms with Gasteiger partial charge in [0.1, 0.15) is 5.75 Å². The van der Waals surface area contributed by atoms with Gasteiger partial charge in [-0.1, -0.05) is 28.1 Å². The first-order valence-corrected chi connectivity index (χ1v) is 5.39. The molecule has 0 atom stereocenters. The fourth-order valence-corrected chi connectivity index (χ4v) is 1.61. The Labute approximate surface area is 94.0 Å². The first-order chi connectivity index (χ1) is 7.07. The summed E-state index contributed by atoms with van der Waals surface area (Å²) in [5, 5.41) is 9.64. The lowest BCUT2D eigenvalue weighted by atomic mass is 10.0. The molecule has 5 heteroatoms. The smallest absolute Gasteiger partial charge is 0.268 e. The molecule has 15 heavy (non-hydrogen) atoms. The monoisotopic (exact) mass is 278 g/mol. The number of carbonyl (C=O) groups is 1. The van der Waals surface area contributed by atoms with Crippen LogP contribution in [0.1, 0.15) is 28.8 Å². The summed E-state index contributed by atoms with van der Waals surface area (Å²) in [4.78, 5) is 11.4. The van der Waals surface area contributed by atoms with Crippen LogP contribution in [0.3, 0.4) is 0 Å². The van der Waals surface area contributed by atoms with Gasteiger partial charge in [-0.15, -0.1) is 0 Å². The topological polar surface area (TPSA) is 37.3 Å². The molecule has 2 nitrogen and oxygen atoms in total. The maximum absolute atomic E-state index is 12.6. The van der Waals surface area contributed by atoms with Crippen LogP contribution in [0.25, 0.3) is 0 Å². The van der Waals surface area contributed by atoms with Crippen LogP contribution >= 0.6 is 15.9 Å². The number of carbonyl (C=O) groups excluding carboxylic acids is 1. The van der Waals surface area contributed by atoms with Crippen LogP contribution in [0.15, 0.2) is 18.2 Å². The Hall–Kier alpha value is -0.970. The third kappa shape index (κ3) is 2.75. The van der Waals surface area contributed by atoms with Crippen LogP contribution in [0.5, 0.6) is 5.75 Å². The number of phenols is 1. The SMILES string of the molecule is O=C(CCBr)c1cccc(O)c1C(F)F. The first-order valence-electron chi connectivity index (χ1n) is 4.27. The van der Waals surface area contributed by atoms with Crippen LogP contribution < -0.4 is 0 Å². The average molecular weight is 279 g/mol. The normalized spacial score (nSPS) is 10.7. The van der Waals surface area contributed by atoms with Gasteiger partial charge in [-0.2, -0.15) is 0 Å². The van der Waals surface area contributed by atoms with Crippen molar-refractivity contribution in [1.82, 2.24) is 0 Å². The van der Waals surface area contributed by atoms with Gasteiger partial charge < -0.3 is 5.11 Å². The molecule has 1 rings (SSSR count). The molecular weight excluding hydrogens is 270 g/mol. The Kier molecular flexibility index (Phi) is 4.20. The van der Waals surface area contributed by atoms with Crippen LogP contribution in [0.2, 0.25) is 0 Å². The summed E-state index contributed by atoms with van der Waals surface area (Å²) in [6.07, 6.45) is -2.72. The number of benzene rings is 1. The maximum atomic E-state index is 12.6. The number of hydrogen-bond donors (Lipinski definition) is 1. The van der Waals surface area contributed by atoms with E-state index in [1.165, 1.54) is 12.1 Å². The Morgan fingerprint density at radius 3 is 2.67 bits per heavy atom. The van der Waals surface area contributed by atoms with Gasteiger partial charge in [0.05, 0.1) is 5.56 Å². The van der Waals surface area contributed by atoms with E-state index in [1.54, 1.807) is 0 Å². The molecule has 0 aromatic heterocycles. The van der Waals surface area contributed by atoms with Crippen LogP contribution in [-0.2, 0) is 0 Å². The van der Waals surface area contributed by atoms with Crippen molar-refractivity contribution in [2.24, 2.45) is 0 Å². The molecule has 0 unspecified atom stereocenters. The zero-order chi connectivity index (χ0) is 11.4. The molecule has 0 radical (unpaired) electrons. The molecule has 0 fully saturated rings. The van der Waals surface area contributed by atoms with Gasteiger partial charge in [-0.05, 0) is 6.07 Å². The van der Waals surface area contributed by atoms with Gasteiger partial charge in [0.15, 0.2) is 5.78 Å². The lowest BCUT2D eigenvalue weighted by Gasteiger charge is -2.08. The van der Waals surface area contributed by atoms with Gasteiger partial charge in [0, 0.05) is 17.3 Å². The van der Waals surface area contributed by atoms with Crippen LogP contribution in [-0.4, -0.2) is 16.2 Å². The second-order valence-electron chi connectivity index (χ2n) is 2.90. The molecule has 0 heterocycles. The van der Waals surface area contributed by atoms with Crippen LogP contribution in [0, 0.1) is 0 Å². The summed E-state index contributed by atoms with van der Waals surface area (Å²) in [6.45, 7) is 0. The minimum atomic E-state index is -2.85. The largest absolute Gasteiger partial charge is 0.507 e. The second-order valence-corrected chi connectivity index (χ2v) is 3.69. The van der Waals surface area contributed by atoms with E-state index in [0.29, 0.717) is 5.33 Å². The number of hydrogen-bond acceptors (Lipinski definition) is 2.